The zero-order chi connectivity index (χ0) is 15.8. The number of nitriles is 1. The van der Waals surface area contributed by atoms with E-state index in [9.17, 15) is 5.26 Å². The van der Waals surface area contributed by atoms with Crippen LogP contribution in [0.5, 0.6) is 0 Å². The molecule has 3 nitrogen and oxygen atoms in total. The van der Waals surface area contributed by atoms with Gasteiger partial charge in [0.15, 0.2) is 5.13 Å². The third-order valence-electron chi connectivity index (χ3n) is 4.10. The average Bonchev–Trinajstić information content (AvgIpc) is 3.13. The van der Waals surface area contributed by atoms with Crippen molar-refractivity contribution in [2.75, 3.05) is 11.6 Å². The Kier molecular flexibility index (Phi) is 4.02. The van der Waals surface area contributed by atoms with Crippen LogP contribution in [0.3, 0.4) is 0 Å². The second-order valence-electron chi connectivity index (χ2n) is 5.50. The molecule has 2 aromatic heterocycles. The predicted octanol–water partition coefficient (Wildman–Crippen LogP) is 5.57. The standard InChI is InChI=1S/C17H15N3S3/c1-21-10-6-7-13-15(8-10)23-17(19-13)20-16-12(9-18)11-4-2-3-5-14(11)22-16/h6-8H,2-5H2,1H3,(H,19,20). The van der Waals surface area contributed by atoms with Crippen molar-refractivity contribution >= 4 is 54.8 Å². The fourth-order valence-corrected chi connectivity index (χ4v) is 5.68. The Bertz CT molecular complexity index is 917. The van der Waals surface area contributed by atoms with Crippen LogP contribution in [-0.4, -0.2) is 11.2 Å². The summed E-state index contributed by atoms with van der Waals surface area (Å²) in [6.45, 7) is 0. The molecule has 1 N–H and O–H groups in total. The molecular weight excluding hydrogens is 342 g/mol. The SMILES string of the molecule is CSc1ccc2nc(Nc3sc4c(c3C#N)CCCC4)sc2c1. The summed E-state index contributed by atoms with van der Waals surface area (Å²) in [5.74, 6) is 0. The summed E-state index contributed by atoms with van der Waals surface area (Å²) in [7, 11) is 0. The van der Waals surface area contributed by atoms with E-state index in [-0.39, 0.29) is 0 Å². The molecule has 3 aromatic rings. The number of aryl methyl sites for hydroxylation is 1. The maximum absolute atomic E-state index is 9.55. The van der Waals surface area contributed by atoms with Gasteiger partial charge >= 0.3 is 0 Å². The Labute approximate surface area is 147 Å². The van der Waals surface area contributed by atoms with E-state index in [4.69, 9.17) is 0 Å². The third kappa shape index (κ3) is 2.74. The normalized spacial score (nSPS) is 13.7. The molecule has 0 unspecified atom stereocenters. The maximum Gasteiger partial charge on any atom is 0.188 e. The van der Waals surface area contributed by atoms with Crippen LogP contribution in [0.15, 0.2) is 23.1 Å². The lowest BCUT2D eigenvalue weighted by Gasteiger charge is -2.09. The first kappa shape index (κ1) is 15.0. The molecule has 0 bridgehead atoms. The van der Waals surface area contributed by atoms with Crippen LogP contribution in [0.25, 0.3) is 10.2 Å². The van der Waals surface area contributed by atoms with Crippen LogP contribution in [0.1, 0.15) is 28.8 Å². The molecule has 23 heavy (non-hydrogen) atoms. The molecule has 0 fully saturated rings. The Morgan fingerprint density at radius 2 is 2.13 bits per heavy atom. The van der Waals surface area contributed by atoms with Crippen LogP contribution < -0.4 is 5.32 Å². The Hall–Kier alpha value is -1.55. The number of thiophene rings is 1. The first-order valence-corrected chi connectivity index (χ1v) is 10.4. The number of benzene rings is 1. The first-order valence-electron chi connectivity index (χ1n) is 7.54. The zero-order valence-corrected chi connectivity index (χ0v) is 15.1. The highest BCUT2D eigenvalue weighted by Gasteiger charge is 2.21. The van der Waals surface area contributed by atoms with E-state index in [1.165, 1.54) is 32.9 Å². The van der Waals surface area contributed by atoms with Gasteiger partial charge in [-0.3, -0.25) is 0 Å². The number of anilines is 2. The molecule has 4 rings (SSSR count). The quantitative estimate of drug-likeness (QED) is 0.622. The van der Waals surface area contributed by atoms with Crippen LogP contribution in [0.4, 0.5) is 10.1 Å². The minimum Gasteiger partial charge on any atom is -0.322 e. The number of aromatic nitrogens is 1. The molecule has 0 atom stereocenters. The van der Waals surface area contributed by atoms with Crippen LogP contribution >= 0.6 is 34.4 Å². The minimum atomic E-state index is 0.828. The van der Waals surface area contributed by atoms with E-state index in [1.807, 2.05) is 0 Å². The lowest BCUT2D eigenvalue weighted by Crippen LogP contribution is -1.99. The fourth-order valence-electron chi connectivity index (χ4n) is 2.95. The molecule has 116 valence electrons. The topological polar surface area (TPSA) is 48.7 Å². The van der Waals surface area contributed by atoms with Crippen LogP contribution in [-0.2, 0) is 12.8 Å². The van der Waals surface area contributed by atoms with E-state index in [0.29, 0.717) is 0 Å². The van der Waals surface area contributed by atoms with Crippen LogP contribution in [0.2, 0.25) is 0 Å². The molecule has 1 aromatic carbocycles. The molecule has 6 heteroatoms. The summed E-state index contributed by atoms with van der Waals surface area (Å²) < 4.78 is 1.18. The summed E-state index contributed by atoms with van der Waals surface area (Å²) in [5, 5.41) is 14.8. The minimum absolute atomic E-state index is 0.828. The predicted molar refractivity (Wildman–Crippen MR) is 100 cm³/mol. The third-order valence-corrected chi connectivity index (χ3v) is 6.97. The number of rotatable bonds is 3. The molecule has 0 saturated heterocycles. The monoisotopic (exact) mass is 357 g/mol. The van der Waals surface area contributed by atoms with E-state index >= 15 is 0 Å². The fraction of sp³-hybridized carbons (Fsp3) is 0.294. The van der Waals surface area contributed by atoms with Crippen molar-refractivity contribution in [1.29, 1.82) is 5.26 Å². The number of nitrogens with one attached hydrogen (secondary N) is 1. The average molecular weight is 358 g/mol. The molecule has 0 aliphatic heterocycles. The van der Waals surface area contributed by atoms with Gasteiger partial charge in [-0.2, -0.15) is 5.26 Å². The van der Waals surface area contributed by atoms with E-state index in [2.05, 4.69) is 40.8 Å². The number of hydrogen-bond donors (Lipinski definition) is 1. The van der Waals surface area contributed by atoms with Gasteiger partial charge in [0.25, 0.3) is 0 Å². The Morgan fingerprint density at radius 1 is 1.26 bits per heavy atom. The Balaban J connectivity index is 1.70. The van der Waals surface area contributed by atoms with Crippen molar-refractivity contribution < 1.29 is 0 Å². The smallest absolute Gasteiger partial charge is 0.188 e. The lowest BCUT2D eigenvalue weighted by molar-refractivity contribution is 0.696. The summed E-state index contributed by atoms with van der Waals surface area (Å²) in [6, 6.07) is 8.73. The molecule has 0 amide bonds. The highest BCUT2D eigenvalue weighted by Crippen LogP contribution is 2.40. The van der Waals surface area contributed by atoms with Crippen LogP contribution in [0, 0.1) is 11.3 Å². The summed E-state index contributed by atoms with van der Waals surface area (Å²) in [5.41, 5.74) is 3.10. The van der Waals surface area contributed by atoms with Crippen molar-refractivity contribution in [1.82, 2.24) is 4.98 Å². The van der Waals surface area contributed by atoms with Gasteiger partial charge in [0.2, 0.25) is 0 Å². The molecule has 0 spiro atoms. The molecule has 2 heterocycles. The van der Waals surface area contributed by atoms with Gasteiger partial charge in [0, 0.05) is 9.77 Å². The second-order valence-corrected chi connectivity index (χ2v) is 8.52. The molecular formula is C17H15N3S3. The van der Waals surface area contributed by atoms with Crippen molar-refractivity contribution in [3.8, 4) is 6.07 Å². The maximum atomic E-state index is 9.55. The van der Waals surface area contributed by atoms with Gasteiger partial charge in [0.1, 0.15) is 11.1 Å². The number of nitrogens with zero attached hydrogens (tertiary/aromatic N) is 2. The largest absolute Gasteiger partial charge is 0.322 e. The molecule has 1 aliphatic rings. The number of thioether (sulfide) groups is 1. The zero-order valence-electron chi connectivity index (χ0n) is 12.7. The summed E-state index contributed by atoms with van der Waals surface area (Å²) in [4.78, 5) is 7.28. The first-order chi connectivity index (χ1) is 11.3. The van der Waals surface area contributed by atoms with E-state index in [1.54, 1.807) is 34.4 Å². The van der Waals surface area contributed by atoms with Gasteiger partial charge < -0.3 is 5.32 Å². The second kappa shape index (κ2) is 6.16. The Morgan fingerprint density at radius 3 is 2.96 bits per heavy atom. The molecule has 1 aliphatic carbocycles. The van der Waals surface area contributed by atoms with Gasteiger partial charge in [-0.25, -0.2) is 4.98 Å². The lowest BCUT2D eigenvalue weighted by atomic mass is 9.96. The van der Waals surface area contributed by atoms with Crippen molar-refractivity contribution in [2.45, 2.75) is 30.6 Å². The molecule has 0 radical (unpaired) electrons. The van der Waals surface area contributed by atoms with Crippen molar-refractivity contribution in [3.05, 3.63) is 34.2 Å². The van der Waals surface area contributed by atoms with Gasteiger partial charge in [-0.15, -0.1) is 23.1 Å². The van der Waals surface area contributed by atoms with Gasteiger partial charge in [0.05, 0.1) is 15.8 Å². The van der Waals surface area contributed by atoms with Gasteiger partial charge in [-0.05, 0) is 55.7 Å². The number of thiazole rings is 1. The number of hydrogen-bond acceptors (Lipinski definition) is 6. The summed E-state index contributed by atoms with van der Waals surface area (Å²) >= 11 is 5.11. The highest BCUT2D eigenvalue weighted by molar-refractivity contribution is 7.98. The number of fused-ring (bicyclic) bond motifs is 2. The van der Waals surface area contributed by atoms with Crippen molar-refractivity contribution in [2.24, 2.45) is 0 Å². The van der Waals surface area contributed by atoms with Gasteiger partial charge in [-0.1, -0.05) is 11.3 Å². The summed E-state index contributed by atoms with van der Waals surface area (Å²) in [6.07, 6.45) is 6.64. The van der Waals surface area contributed by atoms with E-state index < -0.39 is 0 Å². The highest BCUT2D eigenvalue weighted by atomic mass is 32.2. The van der Waals surface area contributed by atoms with Crippen molar-refractivity contribution in [3.63, 3.8) is 0 Å². The van der Waals surface area contributed by atoms with E-state index in [0.717, 1.165) is 34.1 Å². The molecule has 0 saturated carbocycles.